The molecule has 1 N–H and O–H groups in total. The van der Waals surface area contributed by atoms with Gasteiger partial charge in [0.2, 0.25) is 5.91 Å². The zero-order chi connectivity index (χ0) is 21.6. The number of benzene rings is 1. The fraction of sp³-hybridized carbons (Fsp3) is 0.391. The van der Waals surface area contributed by atoms with Gasteiger partial charge < -0.3 is 10.1 Å². The summed E-state index contributed by atoms with van der Waals surface area (Å²) in [5, 5.41) is 7.33. The summed E-state index contributed by atoms with van der Waals surface area (Å²) in [6.45, 7) is 2.87. The van der Waals surface area contributed by atoms with Gasteiger partial charge in [0.1, 0.15) is 24.7 Å². The van der Waals surface area contributed by atoms with Crippen molar-refractivity contribution >= 4 is 5.91 Å². The predicted octanol–water partition coefficient (Wildman–Crippen LogP) is 2.62. The zero-order valence-corrected chi connectivity index (χ0v) is 17.7. The van der Waals surface area contributed by atoms with Crippen LogP contribution in [0.1, 0.15) is 49.3 Å². The van der Waals surface area contributed by atoms with E-state index >= 15 is 0 Å². The summed E-state index contributed by atoms with van der Waals surface area (Å²) in [6.07, 6.45) is 5.62. The van der Waals surface area contributed by atoms with Crippen molar-refractivity contribution in [2.24, 2.45) is 0 Å². The van der Waals surface area contributed by atoms with E-state index in [0.717, 1.165) is 42.8 Å². The van der Waals surface area contributed by atoms with Crippen LogP contribution < -0.4 is 15.7 Å². The van der Waals surface area contributed by atoms with Crippen molar-refractivity contribution in [2.75, 3.05) is 0 Å². The summed E-state index contributed by atoms with van der Waals surface area (Å²) < 4.78 is 8.80. The van der Waals surface area contributed by atoms with Crippen LogP contribution in [0.3, 0.4) is 0 Å². The third-order valence-corrected chi connectivity index (χ3v) is 5.42. The molecule has 1 aliphatic rings. The van der Waals surface area contributed by atoms with Crippen LogP contribution in [0.2, 0.25) is 0 Å². The van der Waals surface area contributed by atoms with Crippen molar-refractivity contribution < 1.29 is 9.53 Å². The van der Waals surface area contributed by atoms with Gasteiger partial charge in [-0.3, -0.25) is 14.3 Å². The number of ether oxygens (including phenoxy) is 1. The SMILES string of the molecule is CC(NC(=O)Cn1nc2n(c1=O)CCCCC2)c1cccc(OCc2ccccn2)c1. The number of hydrogen-bond donors (Lipinski definition) is 1. The van der Waals surface area contributed by atoms with Crippen molar-refractivity contribution in [3.63, 3.8) is 0 Å². The molecular weight excluding hydrogens is 394 g/mol. The Labute approximate surface area is 180 Å². The largest absolute Gasteiger partial charge is 0.487 e. The number of hydrogen-bond acceptors (Lipinski definition) is 5. The van der Waals surface area contributed by atoms with E-state index in [2.05, 4.69) is 15.4 Å². The molecule has 8 heteroatoms. The number of carbonyl (C=O) groups is 1. The third-order valence-electron chi connectivity index (χ3n) is 5.42. The summed E-state index contributed by atoms with van der Waals surface area (Å²) in [6, 6.07) is 13.1. The quantitative estimate of drug-likeness (QED) is 0.633. The average Bonchev–Trinajstić information content (AvgIpc) is 2.94. The maximum atomic E-state index is 12.6. The van der Waals surface area contributed by atoms with Gasteiger partial charge in [0.05, 0.1) is 11.7 Å². The molecule has 1 aromatic carbocycles. The Bertz CT molecular complexity index is 1090. The number of amides is 1. The molecule has 2 aromatic heterocycles. The Kier molecular flexibility index (Phi) is 6.45. The van der Waals surface area contributed by atoms with E-state index in [4.69, 9.17) is 4.74 Å². The normalized spacial score (nSPS) is 14.4. The number of carbonyl (C=O) groups excluding carboxylic acids is 1. The van der Waals surface area contributed by atoms with Crippen molar-refractivity contribution in [3.05, 3.63) is 76.2 Å². The number of nitrogens with zero attached hydrogens (tertiary/aromatic N) is 4. The van der Waals surface area contributed by atoms with Crippen LogP contribution >= 0.6 is 0 Å². The Balaban J connectivity index is 1.36. The highest BCUT2D eigenvalue weighted by atomic mass is 16.5. The lowest BCUT2D eigenvalue weighted by atomic mass is 10.1. The van der Waals surface area contributed by atoms with Gasteiger partial charge in [-0.1, -0.05) is 24.6 Å². The summed E-state index contributed by atoms with van der Waals surface area (Å²) in [5.41, 5.74) is 1.56. The van der Waals surface area contributed by atoms with E-state index in [9.17, 15) is 9.59 Å². The van der Waals surface area contributed by atoms with E-state index in [1.807, 2.05) is 49.4 Å². The molecule has 162 valence electrons. The standard InChI is InChI=1S/C23H27N5O3/c1-17(18-8-7-10-20(14-18)31-16-19-9-4-5-12-24-19)25-22(29)15-28-23(30)27-13-6-2-3-11-21(27)26-28/h4-5,7-10,12,14,17H,2-3,6,11,13,15-16H2,1H3,(H,25,29). The number of nitrogens with one attached hydrogen (secondary N) is 1. The van der Waals surface area contributed by atoms with E-state index in [-0.39, 0.29) is 24.2 Å². The maximum absolute atomic E-state index is 12.6. The van der Waals surface area contributed by atoms with Crippen molar-refractivity contribution in [2.45, 2.75) is 58.3 Å². The van der Waals surface area contributed by atoms with E-state index in [0.29, 0.717) is 18.9 Å². The Hall–Kier alpha value is -3.42. The molecule has 1 amide bonds. The van der Waals surface area contributed by atoms with Crippen LogP contribution in [0, 0.1) is 0 Å². The first-order chi connectivity index (χ1) is 15.1. The molecule has 0 spiro atoms. The molecule has 1 aliphatic heterocycles. The minimum atomic E-state index is -0.248. The Morgan fingerprint density at radius 2 is 2.10 bits per heavy atom. The first-order valence-corrected chi connectivity index (χ1v) is 10.7. The second-order valence-electron chi connectivity index (χ2n) is 7.79. The number of rotatable bonds is 7. The van der Waals surface area contributed by atoms with Gasteiger partial charge in [-0.15, -0.1) is 0 Å². The molecule has 0 bridgehead atoms. The van der Waals surface area contributed by atoms with Gasteiger partial charge >= 0.3 is 5.69 Å². The zero-order valence-electron chi connectivity index (χ0n) is 17.7. The van der Waals surface area contributed by atoms with Gasteiger partial charge in [0, 0.05) is 19.2 Å². The van der Waals surface area contributed by atoms with Gasteiger partial charge in [0.25, 0.3) is 0 Å². The van der Waals surface area contributed by atoms with Crippen LogP contribution in [0.5, 0.6) is 5.75 Å². The summed E-state index contributed by atoms with van der Waals surface area (Å²) >= 11 is 0. The number of aromatic nitrogens is 4. The second-order valence-corrected chi connectivity index (χ2v) is 7.79. The van der Waals surface area contributed by atoms with Crippen LogP contribution in [-0.2, 0) is 30.9 Å². The van der Waals surface area contributed by atoms with Gasteiger partial charge in [-0.2, -0.15) is 5.10 Å². The number of aryl methyl sites for hydroxylation is 1. The molecule has 1 unspecified atom stereocenters. The van der Waals surface area contributed by atoms with Crippen LogP contribution in [0.25, 0.3) is 0 Å². The van der Waals surface area contributed by atoms with E-state index in [1.54, 1.807) is 10.8 Å². The fourth-order valence-corrected chi connectivity index (χ4v) is 3.75. The van der Waals surface area contributed by atoms with E-state index in [1.165, 1.54) is 4.68 Å². The van der Waals surface area contributed by atoms with Crippen molar-refractivity contribution in [1.29, 1.82) is 0 Å². The highest BCUT2D eigenvalue weighted by molar-refractivity contribution is 5.76. The molecule has 3 aromatic rings. The van der Waals surface area contributed by atoms with Crippen molar-refractivity contribution in [3.8, 4) is 5.75 Å². The lowest BCUT2D eigenvalue weighted by Crippen LogP contribution is -2.35. The molecule has 0 aliphatic carbocycles. The summed E-state index contributed by atoms with van der Waals surface area (Å²) in [5.74, 6) is 1.24. The molecule has 0 saturated carbocycles. The van der Waals surface area contributed by atoms with Crippen LogP contribution in [-0.4, -0.2) is 25.2 Å². The molecule has 0 fully saturated rings. The van der Waals surface area contributed by atoms with Gasteiger partial charge in [0.15, 0.2) is 0 Å². The first-order valence-electron chi connectivity index (χ1n) is 10.7. The first kappa shape index (κ1) is 20.8. The van der Waals surface area contributed by atoms with Crippen LogP contribution in [0.4, 0.5) is 0 Å². The highest BCUT2D eigenvalue weighted by Gasteiger charge is 2.18. The second kappa shape index (κ2) is 9.59. The smallest absolute Gasteiger partial charge is 0.346 e. The molecule has 8 nitrogen and oxygen atoms in total. The fourth-order valence-electron chi connectivity index (χ4n) is 3.75. The lowest BCUT2D eigenvalue weighted by molar-refractivity contribution is -0.122. The highest BCUT2D eigenvalue weighted by Crippen LogP contribution is 2.20. The minimum Gasteiger partial charge on any atom is -0.487 e. The Morgan fingerprint density at radius 3 is 2.94 bits per heavy atom. The molecule has 4 rings (SSSR count). The Morgan fingerprint density at radius 1 is 1.19 bits per heavy atom. The topological polar surface area (TPSA) is 91.0 Å². The van der Waals surface area contributed by atoms with Crippen molar-refractivity contribution in [1.82, 2.24) is 24.6 Å². The summed E-state index contributed by atoms with van der Waals surface area (Å²) in [7, 11) is 0. The minimum absolute atomic E-state index is 0.0843. The monoisotopic (exact) mass is 421 g/mol. The molecular formula is C23H27N5O3. The van der Waals surface area contributed by atoms with Crippen LogP contribution in [0.15, 0.2) is 53.5 Å². The number of fused-ring (bicyclic) bond motifs is 1. The van der Waals surface area contributed by atoms with Gasteiger partial charge in [-0.25, -0.2) is 9.48 Å². The lowest BCUT2D eigenvalue weighted by Gasteiger charge is -2.15. The average molecular weight is 422 g/mol. The molecule has 1 atom stereocenters. The van der Waals surface area contributed by atoms with Gasteiger partial charge in [-0.05, 0) is 49.6 Å². The maximum Gasteiger partial charge on any atom is 0.346 e. The summed E-state index contributed by atoms with van der Waals surface area (Å²) in [4.78, 5) is 29.4. The predicted molar refractivity (Wildman–Crippen MR) is 116 cm³/mol. The molecule has 31 heavy (non-hydrogen) atoms. The molecule has 0 radical (unpaired) electrons. The molecule has 3 heterocycles. The number of pyridine rings is 1. The third kappa shape index (κ3) is 5.20. The molecule has 0 saturated heterocycles. The van der Waals surface area contributed by atoms with E-state index < -0.39 is 0 Å².